The quantitative estimate of drug-likeness (QED) is 0.517. The van der Waals surface area contributed by atoms with Crippen LogP contribution in [0.15, 0.2) is 46.0 Å². The number of fused-ring (bicyclic) bond motifs is 1. The van der Waals surface area contributed by atoms with E-state index in [4.69, 9.17) is 14.0 Å². The van der Waals surface area contributed by atoms with E-state index in [0.29, 0.717) is 17.1 Å². The molecule has 0 saturated carbocycles. The minimum atomic E-state index is -0.605. The number of pyridine rings is 1. The van der Waals surface area contributed by atoms with Crippen molar-refractivity contribution in [3.8, 4) is 28.4 Å². The average Bonchev–Trinajstić information content (AvgIpc) is 3.34. The Kier molecular flexibility index (Phi) is 4.36. The number of ether oxygens (including phenoxy) is 2. The molecule has 3 heterocycles. The summed E-state index contributed by atoms with van der Waals surface area (Å²) in [5.41, 5.74) is 0.936. The lowest BCUT2D eigenvalue weighted by atomic mass is 10.1. The SMILES string of the molecule is COC(=O)c1cn(Cc2nc(-c3ccccc3OC)no2)cc2c(=O)[nH]nc1-2. The predicted molar refractivity (Wildman–Crippen MR) is 96.2 cm³/mol. The van der Waals surface area contributed by atoms with E-state index in [2.05, 4.69) is 20.3 Å². The number of nitrogens with one attached hydrogen (secondary N) is 1. The Labute approximate surface area is 158 Å². The summed E-state index contributed by atoms with van der Waals surface area (Å²) in [6, 6.07) is 7.30. The van der Waals surface area contributed by atoms with Gasteiger partial charge >= 0.3 is 5.97 Å². The summed E-state index contributed by atoms with van der Waals surface area (Å²) in [4.78, 5) is 28.4. The summed E-state index contributed by atoms with van der Waals surface area (Å²) in [7, 11) is 2.82. The zero-order valence-electron chi connectivity index (χ0n) is 15.0. The Hall–Kier alpha value is -3.95. The van der Waals surface area contributed by atoms with E-state index < -0.39 is 11.5 Å². The highest BCUT2D eigenvalue weighted by Gasteiger charge is 2.22. The lowest BCUT2D eigenvalue weighted by Gasteiger charge is -2.09. The number of benzene rings is 1. The molecule has 2 aliphatic rings. The van der Waals surface area contributed by atoms with Gasteiger partial charge in [-0.25, -0.2) is 9.89 Å². The van der Waals surface area contributed by atoms with Crippen molar-refractivity contribution < 1.29 is 18.8 Å². The second-order valence-corrected chi connectivity index (χ2v) is 5.86. The van der Waals surface area contributed by atoms with Gasteiger partial charge in [0, 0.05) is 12.4 Å². The van der Waals surface area contributed by atoms with Gasteiger partial charge in [0.15, 0.2) is 0 Å². The number of para-hydroxylation sites is 1. The normalized spacial score (nSPS) is 10.9. The molecule has 0 unspecified atom stereocenters. The van der Waals surface area contributed by atoms with E-state index in [9.17, 15) is 9.59 Å². The van der Waals surface area contributed by atoms with Gasteiger partial charge in [-0.3, -0.25) is 4.79 Å². The fourth-order valence-corrected chi connectivity index (χ4v) is 2.85. The van der Waals surface area contributed by atoms with Crippen LogP contribution in [-0.4, -0.2) is 45.1 Å². The molecule has 28 heavy (non-hydrogen) atoms. The number of carbonyl (C=O) groups excluding carboxylic acids is 1. The highest BCUT2D eigenvalue weighted by Crippen LogP contribution is 2.27. The van der Waals surface area contributed by atoms with Gasteiger partial charge in [-0.2, -0.15) is 10.1 Å². The van der Waals surface area contributed by atoms with Crippen LogP contribution in [0, 0.1) is 0 Å². The van der Waals surface area contributed by atoms with Gasteiger partial charge in [0.1, 0.15) is 23.6 Å². The maximum absolute atomic E-state index is 12.0. The van der Waals surface area contributed by atoms with Crippen LogP contribution in [0.2, 0.25) is 0 Å². The summed E-state index contributed by atoms with van der Waals surface area (Å²) in [6.07, 6.45) is 3.07. The number of hydrogen-bond donors (Lipinski definition) is 1. The Morgan fingerprint density at radius 2 is 2.04 bits per heavy atom. The molecule has 0 amide bonds. The minimum Gasteiger partial charge on any atom is -0.496 e. The van der Waals surface area contributed by atoms with E-state index in [-0.39, 0.29) is 29.3 Å². The molecule has 0 spiro atoms. The molecule has 0 atom stereocenters. The molecular weight excluding hydrogens is 366 g/mol. The van der Waals surface area contributed by atoms with Gasteiger partial charge in [-0.15, -0.1) is 0 Å². The van der Waals surface area contributed by atoms with Gasteiger partial charge in [0.05, 0.1) is 25.3 Å². The molecule has 2 aromatic rings. The maximum atomic E-state index is 12.0. The molecule has 142 valence electrons. The van der Waals surface area contributed by atoms with Crippen LogP contribution in [0.5, 0.6) is 5.75 Å². The number of esters is 1. The van der Waals surface area contributed by atoms with Gasteiger partial charge < -0.3 is 18.6 Å². The molecule has 10 heteroatoms. The van der Waals surface area contributed by atoms with Gasteiger partial charge in [0.25, 0.3) is 5.56 Å². The molecule has 0 radical (unpaired) electrons. The third-order valence-corrected chi connectivity index (χ3v) is 4.15. The second kappa shape index (κ2) is 6.99. The Morgan fingerprint density at radius 1 is 1.21 bits per heavy atom. The van der Waals surface area contributed by atoms with E-state index >= 15 is 0 Å². The topological polar surface area (TPSA) is 125 Å². The highest BCUT2D eigenvalue weighted by molar-refractivity contribution is 5.95. The Balaban J connectivity index is 1.70. The van der Waals surface area contributed by atoms with Crippen molar-refractivity contribution in [1.29, 1.82) is 0 Å². The Bertz CT molecular complexity index is 1180. The van der Waals surface area contributed by atoms with Crippen molar-refractivity contribution in [3.63, 3.8) is 0 Å². The average molecular weight is 381 g/mol. The molecule has 1 aromatic carbocycles. The minimum absolute atomic E-state index is 0.146. The van der Waals surface area contributed by atoms with Crippen LogP contribution >= 0.6 is 0 Å². The first-order chi connectivity index (χ1) is 13.6. The van der Waals surface area contributed by atoms with Crippen LogP contribution in [0.1, 0.15) is 16.2 Å². The van der Waals surface area contributed by atoms with Gasteiger partial charge in [-0.1, -0.05) is 17.3 Å². The molecule has 1 N–H and O–H groups in total. The molecule has 2 aliphatic heterocycles. The first-order valence-electron chi connectivity index (χ1n) is 8.23. The number of H-pyrrole nitrogens is 1. The van der Waals surface area contributed by atoms with Crippen LogP contribution in [0.3, 0.4) is 0 Å². The first-order valence-corrected chi connectivity index (χ1v) is 8.23. The van der Waals surface area contributed by atoms with Gasteiger partial charge in [-0.05, 0) is 12.1 Å². The Morgan fingerprint density at radius 3 is 2.82 bits per heavy atom. The van der Waals surface area contributed by atoms with Crippen LogP contribution < -0.4 is 10.3 Å². The van der Waals surface area contributed by atoms with Crippen molar-refractivity contribution in [2.45, 2.75) is 6.54 Å². The molecule has 4 rings (SSSR count). The predicted octanol–water partition coefficient (Wildman–Crippen LogP) is 1.57. The third-order valence-electron chi connectivity index (χ3n) is 4.15. The standard InChI is InChI=1S/C18H15N5O5/c1-26-13-6-4-3-5-10(13)16-19-14(28-22-16)9-23-7-11-15(20-21-17(11)24)12(8-23)18(25)27-2/h3-8H,9H2,1-2H3,(H,21,24). The van der Waals surface area contributed by atoms with E-state index in [1.54, 1.807) is 23.9 Å². The fourth-order valence-electron chi connectivity index (χ4n) is 2.85. The van der Waals surface area contributed by atoms with E-state index in [0.717, 1.165) is 0 Å². The summed E-state index contributed by atoms with van der Waals surface area (Å²) in [5.74, 6) is 0.671. The highest BCUT2D eigenvalue weighted by atomic mass is 16.5. The number of aromatic amines is 1. The maximum Gasteiger partial charge on any atom is 0.341 e. The number of aromatic nitrogens is 5. The lowest BCUT2D eigenvalue weighted by molar-refractivity contribution is 0.0600. The smallest absolute Gasteiger partial charge is 0.341 e. The van der Waals surface area contributed by atoms with Crippen LogP contribution in [0.25, 0.3) is 22.6 Å². The molecule has 0 aliphatic carbocycles. The van der Waals surface area contributed by atoms with Gasteiger partial charge in [0.2, 0.25) is 11.7 Å². The van der Waals surface area contributed by atoms with E-state index in [1.807, 2.05) is 18.2 Å². The van der Waals surface area contributed by atoms with Crippen LogP contribution in [0.4, 0.5) is 0 Å². The molecule has 0 bridgehead atoms. The summed E-state index contributed by atoms with van der Waals surface area (Å²) in [5, 5.41) is 10.2. The summed E-state index contributed by atoms with van der Waals surface area (Å²) < 4.78 is 17.0. The van der Waals surface area contributed by atoms with Crippen molar-refractivity contribution in [3.05, 3.63) is 58.5 Å². The molecule has 1 aromatic heterocycles. The van der Waals surface area contributed by atoms with Crippen molar-refractivity contribution in [1.82, 2.24) is 24.9 Å². The largest absolute Gasteiger partial charge is 0.496 e. The molecular formula is C18H15N5O5. The summed E-state index contributed by atoms with van der Waals surface area (Å²) >= 11 is 0. The fraction of sp³-hybridized carbons (Fsp3) is 0.167. The molecule has 0 fully saturated rings. The molecule has 10 nitrogen and oxygen atoms in total. The van der Waals surface area contributed by atoms with Crippen molar-refractivity contribution >= 4 is 5.97 Å². The zero-order valence-corrected chi connectivity index (χ0v) is 15.0. The van der Waals surface area contributed by atoms with Crippen LogP contribution in [-0.2, 0) is 11.3 Å². The summed E-state index contributed by atoms with van der Waals surface area (Å²) in [6.45, 7) is 0.146. The number of nitrogens with zero attached hydrogens (tertiary/aromatic N) is 4. The number of carbonyl (C=O) groups is 1. The first kappa shape index (κ1) is 17.5. The zero-order chi connectivity index (χ0) is 19.7. The van der Waals surface area contributed by atoms with Crippen molar-refractivity contribution in [2.24, 2.45) is 0 Å². The van der Waals surface area contributed by atoms with E-state index in [1.165, 1.54) is 13.3 Å². The third kappa shape index (κ3) is 3.00. The van der Waals surface area contributed by atoms with Crippen molar-refractivity contribution in [2.75, 3.05) is 14.2 Å². The lowest BCUT2D eigenvalue weighted by Crippen LogP contribution is -2.12. The second-order valence-electron chi connectivity index (χ2n) is 5.86. The number of methoxy groups -OCH3 is 2. The monoisotopic (exact) mass is 381 g/mol. The number of hydrogen-bond acceptors (Lipinski definition) is 8. The molecule has 0 saturated heterocycles. The number of rotatable bonds is 5.